The van der Waals surface area contributed by atoms with Crippen LogP contribution >= 0.6 is 15.9 Å². The molecule has 1 N–H and O–H groups in total. The molecule has 1 aromatic carbocycles. The van der Waals surface area contributed by atoms with E-state index in [1.54, 1.807) is 19.1 Å². The second-order valence-electron chi connectivity index (χ2n) is 5.25. The van der Waals surface area contributed by atoms with Gasteiger partial charge in [0.1, 0.15) is 0 Å². The first-order valence-corrected chi connectivity index (χ1v) is 8.67. The van der Waals surface area contributed by atoms with Crippen LogP contribution in [0.3, 0.4) is 0 Å². The van der Waals surface area contributed by atoms with Gasteiger partial charge in [-0.25, -0.2) is 13.1 Å². The Morgan fingerprint density at radius 2 is 2.16 bits per heavy atom. The fourth-order valence-electron chi connectivity index (χ4n) is 2.94. The largest absolute Gasteiger partial charge is 0.373 e. The van der Waals surface area contributed by atoms with Gasteiger partial charge in [0.15, 0.2) is 0 Å². The number of ether oxygens (including phenoxy) is 1. The summed E-state index contributed by atoms with van der Waals surface area (Å²) in [6, 6.07) is 5.12. The predicted octanol–water partition coefficient (Wildman–Crippen LogP) is 2.36. The summed E-state index contributed by atoms with van der Waals surface area (Å²) >= 11 is 3.34. The molecule has 0 unspecified atom stereocenters. The Morgan fingerprint density at radius 3 is 2.74 bits per heavy atom. The number of rotatable bonds is 3. The third-order valence-corrected chi connectivity index (χ3v) is 5.98. The van der Waals surface area contributed by atoms with Gasteiger partial charge in [0.2, 0.25) is 10.0 Å². The molecule has 4 nitrogen and oxygen atoms in total. The second-order valence-corrected chi connectivity index (χ2v) is 7.85. The Bertz CT molecular complexity index is 602. The van der Waals surface area contributed by atoms with Gasteiger partial charge >= 0.3 is 0 Å². The molecule has 0 saturated carbocycles. The van der Waals surface area contributed by atoms with Gasteiger partial charge in [0.05, 0.1) is 23.1 Å². The lowest BCUT2D eigenvalue weighted by Crippen LogP contribution is -2.41. The van der Waals surface area contributed by atoms with E-state index in [4.69, 9.17) is 4.74 Å². The highest BCUT2D eigenvalue weighted by molar-refractivity contribution is 9.10. The van der Waals surface area contributed by atoms with Crippen LogP contribution in [-0.4, -0.2) is 26.7 Å². The zero-order valence-corrected chi connectivity index (χ0v) is 13.0. The fraction of sp³-hybridized carbons (Fsp3) is 0.538. The summed E-state index contributed by atoms with van der Waals surface area (Å²) in [5, 5.41) is 0. The molecule has 0 aromatic heterocycles. The van der Waals surface area contributed by atoms with E-state index in [0.717, 1.165) is 29.3 Å². The van der Waals surface area contributed by atoms with Crippen LogP contribution in [-0.2, 0) is 14.8 Å². The molecular formula is C13H16BrNO3S. The summed E-state index contributed by atoms with van der Waals surface area (Å²) in [4.78, 5) is 0.346. The smallest absolute Gasteiger partial charge is 0.241 e. The molecule has 0 radical (unpaired) electrons. The molecule has 2 bridgehead atoms. The lowest BCUT2D eigenvalue weighted by atomic mass is 9.96. The van der Waals surface area contributed by atoms with Gasteiger partial charge in [-0.05, 0) is 49.9 Å². The SMILES string of the molecule is Cc1cc(Br)ccc1S(=O)(=O)N[C@@H]1C[C@H]2CC[C@H]1O2. The van der Waals surface area contributed by atoms with Crippen LogP contribution in [0.1, 0.15) is 24.8 Å². The fourth-order valence-corrected chi connectivity index (χ4v) is 4.92. The van der Waals surface area contributed by atoms with Gasteiger partial charge in [-0.1, -0.05) is 15.9 Å². The topological polar surface area (TPSA) is 55.4 Å². The summed E-state index contributed by atoms with van der Waals surface area (Å²) in [5.74, 6) is 0. The molecule has 2 saturated heterocycles. The summed E-state index contributed by atoms with van der Waals surface area (Å²) < 4.78 is 34.2. The monoisotopic (exact) mass is 345 g/mol. The van der Waals surface area contributed by atoms with Gasteiger partial charge in [-0.15, -0.1) is 0 Å². The quantitative estimate of drug-likeness (QED) is 0.914. The summed E-state index contributed by atoms with van der Waals surface area (Å²) in [6.45, 7) is 1.80. The van der Waals surface area contributed by atoms with Crippen molar-refractivity contribution in [2.24, 2.45) is 0 Å². The first-order chi connectivity index (χ1) is 8.95. The molecule has 2 heterocycles. The van der Waals surface area contributed by atoms with E-state index in [9.17, 15) is 8.42 Å². The van der Waals surface area contributed by atoms with E-state index < -0.39 is 10.0 Å². The van der Waals surface area contributed by atoms with Crippen molar-refractivity contribution in [2.75, 3.05) is 0 Å². The van der Waals surface area contributed by atoms with Crippen LogP contribution in [0.4, 0.5) is 0 Å². The van der Waals surface area contributed by atoms with Crippen molar-refractivity contribution >= 4 is 26.0 Å². The lowest BCUT2D eigenvalue weighted by Gasteiger charge is -2.20. The number of sulfonamides is 1. The van der Waals surface area contributed by atoms with E-state index in [2.05, 4.69) is 20.7 Å². The van der Waals surface area contributed by atoms with Gasteiger partial charge in [0, 0.05) is 4.47 Å². The van der Waals surface area contributed by atoms with Crippen LogP contribution in [0.5, 0.6) is 0 Å². The van der Waals surface area contributed by atoms with Crippen molar-refractivity contribution in [3.05, 3.63) is 28.2 Å². The van der Waals surface area contributed by atoms with Crippen molar-refractivity contribution in [2.45, 2.75) is 49.3 Å². The Labute approximate surface area is 121 Å². The molecule has 3 atom stereocenters. The molecule has 104 valence electrons. The number of benzene rings is 1. The molecule has 2 aliphatic heterocycles. The summed E-state index contributed by atoms with van der Waals surface area (Å²) in [5.41, 5.74) is 0.742. The van der Waals surface area contributed by atoms with Crippen molar-refractivity contribution in [3.63, 3.8) is 0 Å². The number of hydrogen-bond acceptors (Lipinski definition) is 3. The van der Waals surface area contributed by atoms with E-state index in [1.807, 2.05) is 6.07 Å². The highest BCUT2D eigenvalue weighted by Gasteiger charge is 2.42. The third kappa shape index (κ3) is 2.59. The van der Waals surface area contributed by atoms with Crippen LogP contribution < -0.4 is 4.72 Å². The Hall–Kier alpha value is -0.430. The molecule has 3 rings (SSSR count). The Kier molecular flexibility index (Phi) is 3.45. The Morgan fingerprint density at radius 1 is 1.37 bits per heavy atom. The minimum atomic E-state index is -3.46. The maximum Gasteiger partial charge on any atom is 0.241 e. The van der Waals surface area contributed by atoms with Crippen molar-refractivity contribution in [1.29, 1.82) is 0 Å². The molecule has 0 aliphatic carbocycles. The zero-order valence-electron chi connectivity index (χ0n) is 10.6. The molecule has 0 amide bonds. The second kappa shape index (κ2) is 4.84. The highest BCUT2D eigenvalue weighted by Crippen LogP contribution is 2.35. The first kappa shape index (κ1) is 13.5. The van der Waals surface area contributed by atoms with E-state index in [-0.39, 0.29) is 18.2 Å². The van der Waals surface area contributed by atoms with Crippen molar-refractivity contribution < 1.29 is 13.2 Å². The standard InChI is InChI=1S/C13H16BrNO3S/c1-8-6-9(14)2-5-13(8)19(16,17)15-11-7-10-3-4-12(11)18-10/h2,5-6,10-12,15H,3-4,7H2,1H3/t10-,11-,12-/m1/s1. The van der Waals surface area contributed by atoms with E-state index >= 15 is 0 Å². The molecular weight excluding hydrogens is 330 g/mol. The van der Waals surface area contributed by atoms with Gasteiger partial charge in [-0.3, -0.25) is 0 Å². The third-order valence-electron chi connectivity index (χ3n) is 3.84. The molecule has 1 aromatic rings. The molecule has 2 aliphatic rings. The number of hydrogen-bond donors (Lipinski definition) is 1. The van der Waals surface area contributed by atoms with Gasteiger partial charge in [0.25, 0.3) is 0 Å². The minimum Gasteiger partial charge on any atom is -0.373 e. The number of halogens is 1. The lowest BCUT2D eigenvalue weighted by molar-refractivity contribution is 0.0996. The van der Waals surface area contributed by atoms with Gasteiger partial charge in [-0.2, -0.15) is 0 Å². The zero-order chi connectivity index (χ0) is 13.6. The van der Waals surface area contributed by atoms with E-state index in [1.165, 1.54) is 0 Å². The Balaban J connectivity index is 1.83. The first-order valence-electron chi connectivity index (χ1n) is 6.40. The van der Waals surface area contributed by atoms with E-state index in [0.29, 0.717) is 4.90 Å². The number of nitrogens with one attached hydrogen (secondary N) is 1. The van der Waals surface area contributed by atoms with Crippen LogP contribution in [0.2, 0.25) is 0 Å². The van der Waals surface area contributed by atoms with Gasteiger partial charge < -0.3 is 4.74 Å². The molecule has 0 spiro atoms. The normalized spacial score (nSPS) is 29.9. The molecule has 6 heteroatoms. The average Bonchev–Trinajstić information content (AvgIpc) is 2.89. The number of fused-ring (bicyclic) bond motifs is 2. The molecule has 19 heavy (non-hydrogen) atoms. The average molecular weight is 346 g/mol. The maximum absolute atomic E-state index is 12.4. The predicted molar refractivity (Wildman–Crippen MR) is 75.5 cm³/mol. The van der Waals surface area contributed by atoms with Crippen LogP contribution in [0, 0.1) is 6.92 Å². The van der Waals surface area contributed by atoms with Crippen molar-refractivity contribution in [1.82, 2.24) is 4.72 Å². The maximum atomic E-state index is 12.4. The highest BCUT2D eigenvalue weighted by atomic mass is 79.9. The number of aryl methyl sites for hydroxylation is 1. The van der Waals surface area contributed by atoms with Crippen molar-refractivity contribution in [3.8, 4) is 0 Å². The molecule has 2 fully saturated rings. The summed E-state index contributed by atoms with van der Waals surface area (Å²) in [7, 11) is -3.46. The minimum absolute atomic E-state index is 0.0514. The summed E-state index contributed by atoms with van der Waals surface area (Å²) in [6.07, 6.45) is 3.09. The van der Waals surface area contributed by atoms with Crippen LogP contribution in [0.15, 0.2) is 27.6 Å². The van der Waals surface area contributed by atoms with Crippen LogP contribution in [0.25, 0.3) is 0 Å².